The second-order valence-corrected chi connectivity index (χ2v) is 15.7. The molecule has 1 rings (SSSR count). The summed E-state index contributed by atoms with van der Waals surface area (Å²) in [5, 5.41) is 11.4. The zero-order chi connectivity index (χ0) is 21.8. The Hall–Kier alpha value is -0.863. The van der Waals surface area contributed by atoms with Crippen molar-refractivity contribution >= 4 is 8.07 Å². The van der Waals surface area contributed by atoms with Crippen LogP contribution < -0.4 is 0 Å². The fourth-order valence-electron chi connectivity index (χ4n) is 3.61. The quantitative estimate of drug-likeness (QED) is 0.238. The maximum atomic E-state index is 11.1. The van der Waals surface area contributed by atoms with Gasteiger partial charge in [0.15, 0.2) is 0 Å². The van der Waals surface area contributed by atoms with Crippen molar-refractivity contribution in [2.45, 2.75) is 123 Å². The summed E-state index contributed by atoms with van der Waals surface area (Å²) in [5.74, 6) is 0. The maximum Gasteiger partial charge on any atom is 0.0770 e. The first-order valence-corrected chi connectivity index (χ1v) is 15.2. The lowest BCUT2D eigenvalue weighted by atomic mass is 9.97. The van der Waals surface area contributed by atoms with E-state index in [1.807, 2.05) is 0 Å². The van der Waals surface area contributed by atoms with E-state index in [1.54, 1.807) is 0 Å². The normalized spacial score (nSPS) is 14.2. The van der Waals surface area contributed by atoms with Crippen molar-refractivity contribution in [2.75, 3.05) is 0 Å². The van der Waals surface area contributed by atoms with Crippen LogP contribution >= 0.6 is 0 Å². The smallest absolute Gasteiger partial charge is 0.0770 e. The number of aliphatic hydroxyl groups excluding tert-OH is 1. The highest BCUT2D eigenvalue weighted by molar-refractivity contribution is 6.84. The van der Waals surface area contributed by atoms with Gasteiger partial charge in [-0.2, -0.15) is 0 Å². The van der Waals surface area contributed by atoms with Gasteiger partial charge in [0.05, 0.1) is 14.2 Å². The molecule has 1 unspecified atom stereocenters. The summed E-state index contributed by atoms with van der Waals surface area (Å²) in [6.07, 6.45) is 13.3. The number of hydrogen-bond donors (Lipinski definition) is 1. The number of aryl methyl sites for hydroxylation is 1. The van der Waals surface area contributed by atoms with Gasteiger partial charge in [0.1, 0.15) is 0 Å². The van der Waals surface area contributed by atoms with Gasteiger partial charge in [-0.3, -0.25) is 0 Å². The molecule has 0 heterocycles. The van der Waals surface area contributed by atoms with Crippen molar-refractivity contribution in [3.05, 3.63) is 47.2 Å². The summed E-state index contributed by atoms with van der Waals surface area (Å²) in [6, 6.07) is 10.6. The third kappa shape index (κ3) is 10.6. The first-order chi connectivity index (χ1) is 13.7. The van der Waals surface area contributed by atoms with Crippen LogP contribution in [0.2, 0.25) is 18.1 Å². The Kier molecular flexibility index (Phi) is 12.1. The molecule has 1 aromatic carbocycles. The molecule has 0 amide bonds. The third-order valence-corrected chi connectivity index (χ3v) is 11.7. The summed E-state index contributed by atoms with van der Waals surface area (Å²) in [7, 11) is -1.55. The van der Waals surface area contributed by atoms with E-state index >= 15 is 0 Å². The summed E-state index contributed by atoms with van der Waals surface area (Å²) in [6.45, 7) is 14.3. The highest BCUT2D eigenvalue weighted by Crippen LogP contribution is 2.38. The summed E-state index contributed by atoms with van der Waals surface area (Å²) in [5.41, 5.74) is 5.17. The number of rotatable bonds is 14. The Morgan fingerprint density at radius 3 is 2.03 bits per heavy atom. The van der Waals surface area contributed by atoms with Crippen LogP contribution in [0.3, 0.4) is 0 Å². The molecule has 0 aliphatic carbocycles. The van der Waals surface area contributed by atoms with Gasteiger partial charge >= 0.3 is 0 Å². The van der Waals surface area contributed by atoms with Crippen molar-refractivity contribution in [3.63, 3.8) is 0 Å². The minimum absolute atomic E-state index is 0.297. The average Bonchev–Trinajstić information content (AvgIpc) is 2.67. The molecular formula is C27H48OSi. The predicted octanol–water partition coefficient (Wildman–Crippen LogP) is 8.49. The molecular weight excluding hydrogens is 368 g/mol. The van der Waals surface area contributed by atoms with Gasteiger partial charge in [-0.1, -0.05) is 122 Å². The molecule has 29 heavy (non-hydrogen) atoms. The zero-order valence-corrected chi connectivity index (χ0v) is 21.3. The molecule has 0 fully saturated rings. The van der Waals surface area contributed by atoms with E-state index in [0.717, 1.165) is 19.3 Å². The van der Waals surface area contributed by atoms with Gasteiger partial charge in [-0.05, 0) is 41.9 Å². The molecule has 2 heteroatoms. The first kappa shape index (κ1) is 26.2. The van der Waals surface area contributed by atoms with Crippen LogP contribution in [0.1, 0.15) is 97.5 Å². The zero-order valence-electron chi connectivity index (χ0n) is 20.3. The van der Waals surface area contributed by atoms with E-state index in [1.165, 1.54) is 62.5 Å². The Morgan fingerprint density at radius 1 is 0.931 bits per heavy atom. The molecule has 0 aliphatic rings. The molecule has 0 saturated heterocycles. The molecule has 1 aromatic rings. The van der Waals surface area contributed by atoms with Crippen molar-refractivity contribution in [3.8, 4) is 0 Å². The lowest BCUT2D eigenvalue weighted by Gasteiger charge is -2.35. The van der Waals surface area contributed by atoms with Gasteiger partial charge in [-0.15, -0.1) is 0 Å². The topological polar surface area (TPSA) is 20.2 Å². The molecule has 0 spiro atoms. The average molecular weight is 417 g/mol. The Balaban J connectivity index is 2.63. The summed E-state index contributed by atoms with van der Waals surface area (Å²) >= 11 is 0. The molecule has 1 nitrogen and oxygen atoms in total. The Bertz CT molecular complexity index is 568. The number of hydrogen-bond acceptors (Lipinski definition) is 1. The van der Waals surface area contributed by atoms with Crippen LogP contribution in [0.25, 0.3) is 0 Å². The second kappa shape index (κ2) is 13.4. The van der Waals surface area contributed by atoms with Gasteiger partial charge < -0.3 is 5.11 Å². The van der Waals surface area contributed by atoms with Crippen LogP contribution in [0.4, 0.5) is 0 Å². The van der Waals surface area contributed by atoms with E-state index in [0.29, 0.717) is 5.04 Å². The van der Waals surface area contributed by atoms with E-state index < -0.39 is 8.07 Å². The van der Waals surface area contributed by atoms with Crippen molar-refractivity contribution in [1.82, 2.24) is 0 Å². The van der Waals surface area contributed by atoms with Gasteiger partial charge in [0.2, 0.25) is 0 Å². The Morgan fingerprint density at radius 2 is 1.48 bits per heavy atom. The third-order valence-electron chi connectivity index (χ3n) is 6.78. The van der Waals surface area contributed by atoms with Crippen molar-refractivity contribution < 1.29 is 5.11 Å². The highest BCUT2D eigenvalue weighted by Gasteiger charge is 2.33. The minimum atomic E-state index is -1.55. The maximum absolute atomic E-state index is 11.1. The van der Waals surface area contributed by atoms with Crippen LogP contribution in [0, 0.1) is 0 Å². The second-order valence-electron chi connectivity index (χ2n) is 10.5. The predicted molar refractivity (Wildman–Crippen MR) is 133 cm³/mol. The summed E-state index contributed by atoms with van der Waals surface area (Å²) < 4.78 is 0. The molecule has 0 radical (unpaired) electrons. The van der Waals surface area contributed by atoms with Gasteiger partial charge in [0, 0.05) is 0 Å². The molecule has 0 aliphatic heterocycles. The summed E-state index contributed by atoms with van der Waals surface area (Å²) in [4.78, 5) is 0. The van der Waals surface area contributed by atoms with Gasteiger partial charge in [-0.25, -0.2) is 0 Å². The molecule has 0 saturated carbocycles. The van der Waals surface area contributed by atoms with Crippen molar-refractivity contribution in [2.24, 2.45) is 0 Å². The monoisotopic (exact) mass is 416 g/mol. The molecule has 0 bridgehead atoms. The fourth-order valence-corrected chi connectivity index (χ4v) is 5.31. The van der Waals surface area contributed by atoms with Crippen LogP contribution in [-0.2, 0) is 6.42 Å². The largest absolute Gasteiger partial charge is 0.389 e. The van der Waals surface area contributed by atoms with Gasteiger partial charge in [0.25, 0.3) is 0 Å². The highest BCUT2D eigenvalue weighted by atomic mass is 28.3. The molecule has 0 aromatic heterocycles. The molecule has 166 valence electrons. The van der Waals surface area contributed by atoms with Crippen LogP contribution in [0.15, 0.2) is 41.6 Å². The molecule has 1 N–H and O–H groups in total. The lowest BCUT2D eigenvalue weighted by Crippen LogP contribution is -2.36. The first-order valence-electron chi connectivity index (χ1n) is 12.1. The fraction of sp³-hybridized carbons (Fsp3) is 0.704. The standard InChI is InChI=1S/C27H48OSi/c1-7-8-9-10-11-12-13-17-20-25(23-29(5,6)27(2,3)4)26(28)22-21-24-18-15-14-16-19-24/h14-16,18-19,23,26,28H,7-13,17,20-22H2,1-6H3. The number of unbranched alkanes of at least 4 members (excludes halogenated alkanes) is 7. The molecule has 1 atom stereocenters. The minimum Gasteiger partial charge on any atom is -0.389 e. The Labute approximate surface area is 183 Å². The van der Waals surface area contributed by atoms with Crippen LogP contribution in [-0.4, -0.2) is 19.3 Å². The van der Waals surface area contributed by atoms with E-state index in [-0.39, 0.29) is 6.10 Å². The van der Waals surface area contributed by atoms with E-state index in [9.17, 15) is 5.11 Å². The number of aliphatic hydroxyl groups is 1. The van der Waals surface area contributed by atoms with E-state index in [2.05, 4.69) is 76.8 Å². The lowest BCUT2D eigenvalue weighted by molar-refractivity contribution is 0.196. The SMILES string of the molecule is CCCCCCCCCCC(=C[Si](C)(C)C(C)(C)C)C(O)CCc1ccccc1. The van der Waals surface area contributed by atoms with E-state index in [4.69, 9.17) is 0 Å². The van der Waals surface area contributed by atoms with Crippen LogP contribution in [0.5, 0.6) is 0 Å². The van der Waals surface area contributed by atoms with Crippen molar-refractivity contribution in [1.29, 1.82) is 0 Å². The number of benzene rings is 1.